The number of hydrogen-bond acceptors (Lipinski definition) is 5. The second kappa shape index (κ2) is 4.08. The summed E-state index contributed by atoms with van der Waals surface area (Å²) in [5.74, 6) is 1.35. The molecule has 1 aliphatic heterocycles. The number of nitrogen functional groups attached to an aromatic ring is 1. The summed E-state index contributed by atoms with van der Waals surface area (Å²) < 4.78 is 4.84. The molecule has 0 amide bonds. The van der Waals surface area contributed by atoms with Gasteiger partial charge in [-0.05, 0) is 25.0 Å². The predicted molar refractivity (Wildman–Crippen MR) is 65.6 cm³/mol. The van der Waals surface area contributed by atoms with Crippen LogP contribution in [0.15, 0.2) is 28.9 Å². The number of nitrogens with zero attached hydrogens (tertiary/aromatic N) is 3. The van der Waals surface area contributed by atoms with Gasteiger partial charge in [-0.15, -0.1) is 0 Å². The lowest BCUT2D eigenvalue weighted by Crippen LogP contribution is -2.18. The van der Waals surface area contributed by atoms with Crippen molar-refractivity contribution in [3.05, 3.63) is 24.4 Å². The first kappa shape index (κ1) is 10.1. The molecule has 88 valence electrons. The molecule has 2 aromatic rings. The average molecular weight is 230 g/mol. The molecule has 0 radical (unpaired) electrons. The molecule has 2 N–H and O–H groups in total. The molecule has 1 fully saturated rings. The predicted octanol–water partition coefficient (Wildman–Crippen LogP) is 1.92. The van der Waals surface area contributed by atoms with Crippen molar-refractivity contribution in [2.45, 2.75) is 12.8 Å². The zero-order chi connectivity index (χ0) is 11.7. The number of anilines is 2. The molecule has 1 saturated heterocycles. The highest BCUT2D eigenvalue weighted by atomic mass is 16.5. The van der Waals surface area contributed by atoms with Crippen LogP contribution in [-0.4, -0.2) is 23.2 Å². The lowest BCUT2D eigenvalue weighted by atomic mass is 10.2. The van der Waals surface area contributed by atoms with E-state index in [9.17, 15) is 0 Å². The molecule has 0 atom stereocenters. The fraction of sp³-hybridized carbons (Fsp3) is 0.333. The van der Waals surface area contributed by atoms with E-state index in [4.69, 9.17) is 10.3 Å². The normalized spacial score (nSPS) is 15.4. The number of hydrogen-bond donors (Lipinski definition) is 1. The third-order valence-electron chi connectivity index (χ3n) is 3.00. The first-order valence-corrected chi connectivity index (χ1v) is 5.76. The Morgan fingerprint density at radius 1 is 1.24 bits per heavy atom. The molecule has 1 aliphatic rings. The van der Waals surface area contributed by atoms with Crippen LogP contribution in [0.3, 0.4) is 0 Å². The van der Waals surface area contributed by atoms with Gasteiger partial charge in [0, 0.05) is 30.9 Å². The minimum atomic E-state index is 0.323. The van der Waals surface area contributed by atoms with Crippen molar-refractivity contribution < 1.29 is 4.52 Å². The number of pyridine rings is 1. The van der Waals surface area contributed by atoms with Crippen LogP contribution in [0.2, 0.25) is 0 Å². The molecule has 0 spiro atoms. The van der Waals surface area contributed by atoms with Gasteiger partial charge >= 0.3 is 0 Å². The van der Waals surface area contributed by atoms with Gasteiger partial charge in [0.25, 0.3) is 0 Å². The first-order valence-electron chi connectivity index (χ1n) is 5.76. The minimum absolute atomic E-state index is 0.323. The van der Waals surface area contributed by atoms with E-state index in [0.717, 1.165) is 30.2 Å². The van der Waals surface area contributed by atoms with Crippen LogP contribution in [0.1, 0.15) is 12.8 Å². The van der Waals surface area contributed by atoms with Gasteiger partial charge in [-0.3, -0.25) is 0 Å². The van der Waals surface area contributed by atoms with Crippen molar-refractivity contribution in [3.63, 3.8) is 0 Å². The average Bonchev–Trinajstić information content (AvgIpc) is 3.00. The topological polar surface area (TPSA) is 68.2 Å². The fourth-order valence-electron chi connectivity index (χ4n) is 2.10. The molecule has 17 heavy (non-hydrogen) atoms. The molecule has 3 rings (SSSR count). The highest BCUT2D eigenvalue weighted by Crippen LogP contribution is 2.23. The summed E-state index contributed by atoms with van der Waals surface area (Å²) >= 11 is 0. The molecule has 0 bridgehead atoms. The summed E-state index contributed by atoms with van der Waals surface area (Å²) in [4.78, 5) is 6.74. The summed E-state index contributed by atoms with van der Waals surface area (Å²) in [6.45, 7) is 2.20. The van der Waals surface area contributed by atoms with Gasteiger partial charge in [0.2, 0.25) is 5.88 Å². The van der Waals surface area contributed by atoms with Gasteiger partial charge in [-0.2, -0.15) is 0 Å². The summed E-state index contributed by atoms with van der Waals surface area (Å²) in [6.07, 6.45) is 4.32. The maximum Gasteiger partial charge on any atom is 0.222 e. The third-order valence-corrected chi connectivity index (χ3v) is 3.00. The van der Waals surface area contributed by atoms with Crippen molar-refractivity contribution in [2.24, 2.45) is 0 Å². The molecular weight excluding hydrogens is 216 g/mol. The van der Waals surface area contributed by atoms with Gasteiger partial charge in [0.1, 0.15) is 11.5 Å². The van der Waals surface area contributed by atoms with E-state index in [0.29, 0.717) is 5.88 Å². The second-order valence-corrected chi connectivity index (χ2v) is 4.21. The number of nitrogens with two attached hydrogens (primary N) is 1. The van der Waals surface area contributed by atoms with Crippen LogP contribution in [-0.2, 0) is 0 Å². The first-order chi connectivity index (χ1) is 8.33. The highest BCUT2D eigenvalue weighted by Gasteiger charge is 2.13. The lowest BCUT2D eigenvalue weighted by molar-refractivity contribution is 0.439. The lowest BCUT2D eigenvalue weighted by Gasteiger charge is -2.15. The third kappa shape index (κ3) is 1.95. The van der Waals surface area contributed by atoms with Gasteiger partial charge in [0.05, 0.1) is 0 Å². The molecular formula is C12H14N4O. The quantitative estimate of drug-likeness (QED) is 0.853. The standard InChI is InChI=1S/C12H14N4O/c13-11-7-10(15-17-11)9-3-4-12(14-8-9)16-5-1-2-6-16/h3-4,7-8H,1-2,5-6,13H2. The van der Waals surface area contributed by atoms with E-state index in [1.807, 2.05) is 18.3 Å². The highest BCUT2D eigenvalue weighted by molar-refractivity contribution is 5.61. The van der Waals surface area contributed by atoms with Crippen LogP contribution in [0.4, 0.5) is 11.7 Å². The number of rotatable bonds is 2. The van der Waals surface area contributed by atoms with E-state index >= 15 is 0 Å². The van der Waals surface area contributed by atoms with Crippen LogP contribution in [0.25, 0.3) is 11.3 Å². The van der Waals surface area contributed by atoms with E-state index in [1.54, 1.807) is 6.07 Å². The van der Waals surface area contributed by atoms with Crippen molar-refractivity contribution in [1.82, 2.24) is 10.1 Å². The SMILES string of the molecule is Nc1cc(-c2ccc(N3CCCC3)nc2)no1. The Morgan fingerprint density at radius 2 is 2.06 bits per heavy atom. The van der Waals surface area contributed by atoms with Gasteiger partial charge in [-0.1, -0.05) is 5.16 Å². The van der Waals surface area contributed by atoms with E-state index < -0.39 is 0 Å². The largest absolute Gasteiger partial charge is 0.368 e. The Morgan fingerprint density at radius 3 is 2.65 bits per heavy atom. The summed E-state index contributed by atoms with van der Waals surface area (Å²) in [5, 5.41) is 3.86. The fourth-order valence-corrected chi connectivity index (χ4v) is 2.10. The molecule has 0 aliphatic carbocycles. The van der Waals surface area contributed by atoms with Crippen molar-refractivity contribution >= 4 is 11.7 Å². The Kier molecular flexibility index (Phi) is 2.44. The van der Waals surface area contributed by atoms with Crippen LogP contribution in [0, 0.1) is 0 Å². The molecule has 5 nitrogen and oxygen atoms in total. The van der Waals surface area contributed by atoms with Crippen LogP contribution < -0.4 is 10.6 Å². The smallest absolute Gasteiger partial charge is 0.222 e. The van der Waals surface area contributed by atoms with Crippen LogP contribution in [0.5, 0.6) is 0 Å². The maximum atomic E-state index is 5.49. The molecule has 3 heterocycles. The molecule has 2 aromatic heterocycles. The summed E-state index contributed by atoms with van der Waals surface area (Å²) in [7, 11) is 0. The Labute approximate surface area is 99.2 Å². The van der Waals surface area contributed by atoms with Gasteiger partial charge < -0.3 is 15.2 Å². The van der Waals surface area contributed by atoms with Gasteiger partial charge in [-0.25, -0.2) is 4.98 Å². The van der Waals surface area contributed by atoms with Gasteiger partial charge in [0.15, 0.2) is 0 Å². The minimum Gasteiger partial charge on any atom is -0.368 e. The van der Waals surface area contributed by atoms with Crippen LogP contribution >= 0.6 is 0 Å². The molecule has 5 heteroatoms. The zero-order valence-corrected chi connectivity index (χ0v) is 9.47. The Balaban J connectivity index is 1.84. The molecule has 0 unspecified atom stereocenters. The monoisotopic (exact) mass is 230 g/mol. The Hall–Kier alpha value is -2.04. The van der Waals surface area contributed by atoms with E-state index in [-0.39, 0.29) is 0 Å². The second-order valence-electron chi connectivity index (χ2n) is 4.21. The summed E-state index contributed by atoms with van der Waals surface area (Å²) in [5.41, 5.74) is 7.14. The zero-order valence-electron chi connectivity index (χ0n) is 9.47. The number of aromatic nitrogens is 2. The van der Waals surface area contributed by atoms with Crippen molar-refractivity contribution in [3.8, 4) is 11.3 Å². The summed E-state index contributed by atoms with van der Waals surface area (Å²) in [6, 6.07) is 5.72. The molecule has 0 saturated carbocycles. The van der Waals surface area contributed by atoms with Crippen molar-refractivity contribution in [2.75, 3.05) is 23.7 Å². The van der Waals surface area contributed by atoms with E-state index in [1.165, 1.54) is 12.8 Å². The van der Waals surface area contributed by atoms with Crippen molar-refractivity contribution in [1.29, 1.82) is 0 Å². The molecule has 0 aromatic carbocycles. The Bertz CT molecular complexity index is 499. The van der Waals surface area contributed by atoms with E-state index in [2.05, 4.69) is 15.0 Å². The maximum absolute atomic E-state index is 5.49.